The van der Waals surface area contributed by atoms with Crippen LogP contribution in [0.4, 0.5) is 0 Å². The Hall–Kier alpha value is -0.780. The van der Waals surface area contributed by atoms with Gasteiger partial charge in [0.05, 0.1) is 0 Å². The number of hydrogen-bond donors (Lipinski definition) is 0. The summed E-state index contributed by atoms with van der Waals surface area (Å²) < 4.78 is 0. The molecule has 0 spiro atoms. The Bertz CT molecular complexity index is 525. The van der Waals surface area contributed by atoms with Crippen LogP contribution in [0.2, 0.25) is 0 Å². The molecule has 5 rings (SSSR count). The van der Waals surface area contributed by atoms with E-state index in [-0.39, 0.29) is 0 Å². The lowest BCUT2D eigenvalue weighted by Gasteiger charge is -2.24. The van der Waals surface area contributed by atoms with Crippen molar-refractivity contribution in [2.45, 2.75) is 89.9 Å². The van der Waals surface area contributed by atoms with Crippen molar-refractivity contribution in [1.29, 1.82) is 0 Å². The Morgan fingerprint density at radius 2 is 0.962 bits per heavy atom. The van der Waals surface area contributed by atoms with Crippen molar-refractivity contribution >= 4 is 0 Å². The molecule has 1 aromatic rings. The van der Waals surface area contributed by atoms with E-state index in [9.17, 15) is 0 Å². The van der Waals surface area contributed by atoms with Gasteiger partial charge in [-0.05, 0) is 85.2 Å². The van der Waals surface area contributed by atoms with Crippen molar-refractivity contribution < 1.29 is 0 Å². The number of hydrogen-bond acceptors (Lipinski definition) is 0. The molecule has 4 fully saturated rings. The summed E-state index contributed by atoms with van der Waals surface area (Å²) in [6.45, 7) is 0. The first-order chi connectivity index (χ1) is 12.8. The fraction of sp³-hybridized carbons (Fsp3) is 0.769. The summed E-state index contributed by atoms with van der Waals surface area (Å²) in [4.78, 5) is 0. The zero-order chi connectivity index (χ0) is 17.3. The molecule has 0 radical (unpaired) electrons. The van der Waals surface area contributed by atoms with Crippen molar-refractivity contribution in [2.75, 3.05) is 0 Å². The van der Waals surface area contributed by atoms with Crippen molar-refractivity contribution in [2.24, 2.45) is 35.5 Å². The third-order valence-corrected chi connectivity index (χ3v) is 8.72. The molecule has 0 aliphatic heterocycles. The van der Waals surface area contributed by atoms with Crippen LogP contribution in [0.15, 0.2) is 24.3 Å². The van der Waals surface area contributed by atoms with E-state index >= 15 is 0 Å². The number of rotatable bonds is 4. The van der Waals surface area contributed by atoms with Crippen molar-refractivity contribution in [3.63, 3.8) is 0 Å². The first-order valence-electron chi connectivity index (χ1n) is 11.9. The molecule has 4 atom stereocenters. The van der Waals surface area contributed by atoms with Gasteiger partial charge in [-0.15, -0.1) is 0 Å². The summed E-state index contributed by atoms with van der Waals surface area (Å²) in [5.74, 6) is 6.29. The Morgan fingerprint density at radius 1 is 0.577 bits per heavy atom. The standard InChI is InChI=1S/C26H38/c1-2-9-24-16-21(15-23(24)8-1)13-19-6-5-7-20(12-19)14-22-17-25-10-3-4-11-26(25)18-22/h5-7,12,21-26H,1-4,8-11,13-18H2. The molecule has 26 heavy (non-hydrogen) atoms. The van der Waals surface area contributed by atoms with Crippen LogP contribution in [-0.2, 0) is 12.8 Å². The maximum absolute atomic E-state index is 2.59. The highest BCUT2D eigenvalue weighted by molar-refractivity contribution is 5.25. The molecular weight excluding hydrogens is 312 g/mol. The average Bonchev–Trinajstić information content (AvgIpc) is 3.24. The highest BCUT2D eigenvalue weighted by Crippen LogP contribution is 2.47. The normalized spacial score (nSPS) is 39.5. The Labute approximate surface area is 161 Å². The second kappa shape index (κ2) is 7.69. The van der Waals surface area contributed by atoms with E-state index in [1.54, 1.807) is 11.1 Å². The van der Waals surface area contributed by atoms with E-state index in [0.29, 0.717) is 0 Å². The summed E-state index contributed by atoms with van der Waals surface area (Å²) in [6.07, 6.45) is 21.0. The quantitative estimate of drug-likeness (QED) is 0.538. The molecule has 0 aromatic heterocycles. The predicted octanol–water partition coefficient (Wildman–Crippen LogP) is 7.20. The average molecular weight is 351 g/mol. The monoisotopic (exact) mass is 350 g/mol. The summed E-state index contributed by atoms with van der Waals surface area (Å²) in [7, 11) is 0. The Kier molecular flexibility index (Phi) is 5.12. The fourth-order valence-corrected chi connectivity index (χ4v) is 7.60. The highest BCUT2D eigenvalue weighted by Gasteiger charge is 2.36. The van der Waals surface area contributed by atoms with Gasteiger partial charge in [0, 0.05) is 0 Å². The van der Waals surface area contributed by atoms with Crippen LogP contribution in [-0.4, -0.2) is 0 Å². The van der Waals surface area contributed by atoms with Gasteiger partial charge in [0.2, 0.25) is 0 Å². The van der Waals surface area contributed by atoms with Gasteiger partial charge in [0.1, 0.15) is 0 Å². The second-order valence-corrected chi connectivity index (χ2v) is 10.5. The van der Waals surface area contributed by atoms with E-state index in [0.717, 1.165) is 35.5 Å². The maximum atomic E-state index is 2.59. The van der Waals surface area contributed by atoms with Crippen LogP contribution >= 0.6 is 0 Å². The van der Waals surface area contributed by atoms with Crippen molar-refractivity contribution in [3.05, 3.63) is 35.4 Å². The molecule has 0 heteroatoms. The lowest BCUT2D eigenvalue weighted by molar-refractivity contribution is 0.277. The predicted molar refractivity (Wildman–Crippen MR) is 110 cm³/mol. The summed E-state index contributed by atoms with van der Waals surface area (Å²) >= 11 is 0. The zero-order valence-electron chi connectivity index (χ0n) is 16.7. The molecule has 1 aromatic carbocycles. The molecule has 4 unspecified atom stereocenters. The SMILES string of the molecule is c1cc(CC2CC3CCCCC3C2)cc(CC2CC3CCCCC3C2)c1. The van der Waals surface area contributed by atoms with Crippen LogP contribution in [0.1, 0.15) is 88.2 Å². The first kappa shape index (κ1) is 17.3. The van der Waals surface area contributed by atoms with Crippen LogP contribution in [0.25, 0.3) is 0 Å². The largest absolute Gasteiger partial charge is 0.0617 e. The molecule has 4 aliphatic carbocycles. The minimum Gasteiger partial charge on any atom is -0.0617 e. The van der Waals surface area contributed by atoms with Gasteiger partial charge < -0.3 is 0 Å². The first-order valence-corrected chi connectivity index (χ1v) is 11.9. The lowest BCUT2D eigenvalue weighted by Crippen LogP contribution is -2.12. The molecule has 0 bridgehead atoms. The fourth-order valence-electron chi connectivity index (χ4n) is 7.60. The molecule has 142 valence electrons. The Balaban J connectivity index is 1.18. The van der Waals surface area contributed by atoms with Crippen molar-refractivity contribution in [3.8, 4) is 0 Å². The molecule has 4 aliphatic rings. The molecule has 0 heterocycles. The van der Waals surface area contributed by atoms with Gasteiger partial charge in [0.15, 0.2) is 0 Å². The molecule has 0 nitrogen and oxygen atoms in total. The molecule has 0 saturated heterocycles. The zero-order valence-corrected chi connectivity index (χ0v) is 16.7. The van der Waals surface area contributed by atoms with E-state index in [1.807, 2.05) is 0 Å². The summed E-state index contributed by atoms with van der Waals surface area (Å²) in [5.41, 5.74) is 3.28. The molecular formula is C26H38. The molecule has 0 amide bonds. The van der Waals surface area contributed by atoms with Crippen LogP contribution in [0, 0.1) is 35.5 Å². The van der Waals surface area contributed by atoms with Crippen molar-refractivity contribution in [1.82, 2.24) is 0 Å². The Morgan fingerprint density at radius 3 is 1.35 bits per heavy atom. The van der Waals surface area contributed by atoms with Gasteiger partial charge >= 0.3 is 0 Å². The van der Waals surface area contributed by atoms with E-state index in [1.165, 1.54) is 89.9 Å². The number of fused-ring (bicyclic) bond motifs is 2. The summed E-state index contributed by atoms with van der Waals surface area (Å²) in [5, 5.41) is 0. The van der Waals surface area contributed by atoms with E-state index < -0.39 is 0 Å². The smallest absolute Gasteiger partial charge is 0.0250 e. The van der Waals surface area contributed by atoms with Crippen LogP contribution in [0.3, 0.4) is 0 Å². The third kappa shape index (κ3) is 3.76. The summed E-state index contributed by atoms with van der Waals surface area (Å²) in [6, 6.07) is 9.78. The topological polar surface area (TPSA) is 0 Å². The third-order valence-electron chi connectivity index (χ3n) is 8.72. The minimum atomic E-state index is 0.979. The van der Waals surface area contributed by atoms with Gasteiger partial charge in [-0.25, -0.2) is 0 Å². The second-order valence-electron chi connectivity index (χ2n) is 10.5. The van der Waals surface area contributed by atoms with E-state index in [4.69, 9.17) is 0 Å². The van der Waals surface area contributed by atoms with Crippen LogP contribution < -0.4 is 0 Å². The molecule has 0 N–H and O–H groups in total. The lowest BCUT2D eigenvalue weighted by atomic mass is 9.82. The maximum Gasteiger partial charge on any atom is -0.0250 e. The number of benzene rings is 1. The van der Waals surface area contributed by atoms with Crippen LogP contribution in [0.5, 0.6) is 0 Å². The minimum absolute atomic E-state index is 0.979. The van der Waals surface area contributed by atoms with Gasteiger partial charge in [-0.1, -0.05) is 75.6 Å². The highest BCUT2D eigenvalue weighted by atomic mass is 14.4. The van der Waals surface area contributed by atoms with Gasteiger partial charge in [-0.3, -0.25) is 0 Å². The van der Waals surface area contributed by atoms with Gasteiger partial charge in [-0.2, -0.15) is 0 Å². The van der Waals surface area contributed by atoms with Gasteiger partial charge in [0.25, 0.3) is 0 Å². The van der Waals surface area contributed by atoms with E-state index in [2.05, 4.69) is 24.3 Å². The molecule has 4 saturated carbocycles.